The number of aromatic nitrogens is 1. The summed E-state index contributed by atoms with van der Waals surface area (Å²) in [5.41, 5.74) is 1.34. The van der Waals surface area contributed by atoms with Crippen molar-refractivity contribution in [1.82, 2.24) is 10.3 Å². The summed E-state index contributed by atoms with van der Waals surface area (Å²) in [6.45, 7) is 10.0. The van der Waals surface area contributed by atoms with Crippen molar-refractivity contribution in [3.63, 3.8) is 0 Å². The van der Waals surface area contributed by atoms with E-state index in [0.29, 0.717) is 6.04 Å². The highest BCUT2D eigenvalue weighted by molar-refractivity contribution is 5.42. The summed E-state index contributed by atoms with van der Waals surface area (Å²) in [5.74, 6) is 1.91. The molecule has 0 saturated carbocycles. The van der Waals surface area contributed by atoms with Crippen LogP contribution in [0, 0.1) is 5.92 Å². The van der Waals surface area contributed by atoms with Crippen molar-refractivity contribution in [3.8, 4) is 0 Å². The van der Waals surface area contributed by atoms with E-state index in [1.54, 1.807) is 0 Å². The Morgan fingerprint density at radius 3 is 3.05 bits per heavy atom. The molecule has 3 heteroatoms. The van der Waals surface area contributed by atoms with Gasteiger partial charge in [-0.3, -0.25) is 0 Å². The maximum absolute atomic E-state index is 4.57. The zero-order valence-electron chi connectivity index (χ0n) is 12.5. The van der Waals surface area contributed by atoms with E-state index in [1.165, 1.54) is 24.8 Å². The molecule has 1 N–H and O–H groups in total. The first-order valence-electron chi connectivity index (χ1n) is 7.64. The Kier molecular flexibility index (Phi) is 5.20. The molecule has 0 bridgehead atoms. The van der Waals surface area contributed by atoms with Gasteiger partial charge >= 0.3 is 0 Å². The minimum Gasteiger partial charge on any atom is -0.354 e. The lowest BCUT2D eigenvalue weighted by Gasteiger charge is -2.38. The van der Waals surface area contributed by atoms with Crippen LogP contribution in [0.3, 0.4) is 0 Å². The standard InChI is InChI=1S/C16H27N3/c1-4-8-17-12-15-7-9-18-16(11-15)19-10-5-6-13(2)14(19)3/h7,9,11,13-14,17H,4-6,8,10,12H2,1-3H3. The summed E-state index contributed by atoms with van der Waals surface area (Å²) < 4.78 is 0. The first-order chi connectivity index (χ1) is 9.22. The summed E-state index contributed by atoms with van der Waals surface area (Å²) >= 11 is 0. The monoisotopic (exact) mass is 261 g/mol. The third-order valence-electron chi connectivity index (χ3n) is 4.23. The van der Waals surface area contributed by atoms with Crippen LogP contribution in [0.15, 0.2) is 18.3 Å². The van der Waals surface area contributed by atoms with Gasteiger partial charge in [-0.05, 0) is 56.3 Å². The first-order valence-corrected chi connectivity index (χ1v) is 7.64. The Bertz CT molecular complexity index is 391. The summed E-state index contributed by atoms with van der Waals surface area (Å²) in [4.78, 5) is 7.04. The summed E-state index contributed by atoms with van der Waals surface area (Å²) in [7, 11) is 0. The molecule has 1 aliphatic heterocycles. The van der Waals surface area contributed by atoms with Crippen LogP contribution in [-0.2, 0) is 6.54 Å². The molecule has 19 heavy (non-hydrogen) atoms. The second-order valence-corrected chi connectivity index (χ2v) is 5.75. The second kappa shape index (κ2) is 6.90. The number of rotatable bonds is 5. The molecular weight excluding hydrogens is 234 g/mol. The quantitative estimate of drug-likeness (QED) is 0.825. The number of pyridine rings is 1. The van der Waals surface area contributed by atoms with E-state index in [-0.39, 0.29) is 0 Å². The largest absolute Gasteiger partial charge is 0.354 e. The number of nitrogens with zero attached hydrogens (tertiary/aromatic N) is 2. The molecule has 1 aromatic rings. The van der Waals surface area contributed by atoms with Gasteiger partial charge in [0.1, 0.15) is 5.82 Å². The van der Waals surface area contributed by atoms with E-state index in [1.807, 2.05) is 6.20 Å². The number of hydrogen-bond donors (Lipinski definition) is 1. The Hall–Kier alpha value is -1.09. The van der Waals surface area contributed by atoms with Crippen molar-refractivity contribution >= 4 is 5.82 Å². The normalized spacial score (nSPS) is 23.6. The van der Waals surface area contributed by atoms with Crippen LogP contribution in [0.4, 0.5) is 5.82 Å². The third kappa shape index (κ3) is 3.69. The average Bonchev–Trinajstić information content (AvgIpc) is 2.43. The van der Waals surface area contributed by atoms with Gasteiger partial charge in [0, 0.05) is 25.3 Å². The Morgan fingerprint density at radius 2 is 2.26 bits per heavy atom. The molecule has 0 radical (unpaired) electrons. The number of nitrogens with one attached hydrogen (secondary N) is 1. The van der Waals surface area contributed by atoms with E-state index < -0.39 is 0 Å². The molecule has 2 heterocycles. The van der Waals surface area contributed by atoms with Crippen molar-refractivity contribution in [2.75, 3.05) is 18.0 Å². The molecular formula is C16H27N3. The predicted octanol–water partition coefficient (Wildman–Crippen LogP) is 3.21. The predicted molar refractivity (Wildman–Crippen MR) is 81.4 cm³/mol. The van der Waals surface area contributed by atoms with Gasteiger partial charge in [0.2, 0.25) is 0 Å². The molecule has 2 unspecified atom stereocenters. The fourth-order valence-corrected chi connectivity index (χ4v) is 2.80. The zero-order valence-corrected chi connectivity index (χ0v) is 12.5. The number of piperidine rings is 1. The van der Waals surface area contributed by atoms with Crippen LogP contribution < -0.4 is 10.2 Å². The minimum absolute atomic E-state index is 0.597. The highest BCUT2D eigenvalue weighted by Crippen LogP contribution is 2.27. The van der Waals surface area contributed by atoms with Crippen LogP contribution in [0.1, 0.15) is 45.6 Å². The van der Waals surface area contributed by atoms with Crippen LogP contribution in [0.25, 0.3) is 0 Å². The van der Waals surface area contributed by atoms with E-state index in [0.717, 1.165) is 31.4 Å². The molecule has 1 aliphatic rings. The molecule has 1 fully saturated rings. The fourth-order valence-electron chi connectivity index (χ4n) is 2.80. The summed E-state index contributed by atoms with van der Waals surface area (Å²) in [6, 6.07) is 4.96. The summed E-state index contributed by atoms with van der Waals surface area (Å²) in [5, 5.41) is 3.46. The van der Waals surface area contributed by atoms with Gasteiger partial charge in [0.15, 0.2) is 0 Å². The Morgan fingerprint density at radius 1 is 1.42 bits per heavy atom. The smallest absolute Gasteiger partial charge is 0.129 e. The van der Waals surface area contributed by atoms with Gasteiger partial charge in [-0.1, -0.05) is 13.8 Å². The van der Waals surface area contributed by atoms with E-state index in [4.69, 9.17) is 0 Å². The van der Waals surface area contributed by atoms with Gasteiger partial charge in [-0.15, -0.1) is 0 Å². The van der Waals surface area contributed by atoms with Crippen molar-refractivity contribution in [2.24, 2.45) is 5.92 Å². The molecule has 2 atom stereocenters. The highest BCUT2D eigenvalue weighted by atomic mass is 15.2. The lowest BCUT2D eigenvalue weighted by Crippen LogP contribution is -2.42. The zero-order chi connectivity index (χ0) is 13.7. The van der Waals surface area contributed by atoms with E-state index >= 15 is 0 Å². The maximum atomic E-state index is 4.57. The molecule has 2 rings (SSSR count). The van der Waals surface area contributed by atoms with Crippen molar-refractivity contribution in [2.45, 2.75) is 52.6 Å². The molecule has 1 aromatic heterocycles. The lowest BCUT2D eigenvalue weighted by molar-refractivity contribution is 0.361. The summed E-state index contributed by atoms with van der Waals surface area (Å²) in [6.07, 6.45) is 5.75. The molecule has 106 valence electrons. The topological polar surface area (TPSA) is 28.2 Å². The molecule has 3 nitrogen and oxygen atoms in total. The second-order valence-electron chi connectivity index (χ2n) is 5.75. The van der Waals surface area contributed by atoms with Gasteiger partial charge in [-0.25, -0.2) is 4.98 Å². The average molecular weight is 261 g/mol. The van der Waals surface area contributed by atoms with Crippen molar-refractivity contribution in [3.05, 3.63) is 23.9 Å². The molecule has 0 aromatic carbocycles. The molecule has 0 amide bonds. The van der Waals surface area contributed by atoms with Gasteiger partial charge < -0.3 is 10.2 Å². The van der Waals surface area contributed by atoms with Crippen molar-refractivity contribution < 1.29 is 0 Å². The molecule has 0 aliphatic carbocycles. The van der Waals surface area contributed by atoms with E-state index in [2.05, 4.69) is 48.1 Å². The van der Waals surface area contributed by atoms with Crippen LogP contribution in [0.5, 0.6) is 0 Å². The van der Waals surface area contributed by atoms with Crippen LogP contribution >= 0.6 is 0 Å². The number of hydrogen-bond acceptors (Lipinski definition) is 3. The van der Waals surface area contributed by atoms with Crippen LogP contribution in [-0.4, -0.2) is 24.1 Å². The third-order valence-corrected chi connectivity index (χ3v) is 4.23. The van der Waals surface area contributed by atoms with Crippen LogP contribution in [0.2, 0.25) is 0 Å². The highest BCUT2D eigenvalue weighted by Gasteiger charge is 2.25. The SMILES string of the molecule is CCCNCc1ccnc(N2CCCC(C)C2C)c1. The molecule has 0 spiro atoms. The number of anilines is 1. The lowest BCUT2D eigenvalue weighted by atomic mass is 9.92. The minimum atomic E-state index is 0.597. The fraction of sp³-hybridized carbons (Fsp3) is 0.688. The Labute approximate surface area is 117 Å². The van der Waals surface area contributed by atoms with Gasteiger partial charge in [0.25, 0.3) is 0 Å². The maximum Gasteiger partial charge on any atom is 0.129 e. The van der Waals surface area contributed by atoms with Gasteiger partial charge in [0.05, 0.1) is 0 Å². The Balaban J connectivity index is 2.05. The van der Waals surface area contributed by atoms with Crippen molar-refractivity contribution in [1.29, 1.82) is 0 Å². The van der Waals surface area contributed by atoms with Gasteiger partial charge in [-0.2, -0.15) is 0 Å². The first kappa shape index (κ1) is 14.3. The van der Waals surface area contributed by atoms with E-state index in [9.17, 15) is 0 Å². The molecule has 1 saturated heterocycles.